The van der Waals surface area contributed by atoms with Crippen LogP contribution in [0.3, 0.4) is 0 Å². The molecule has 0 fully saturated rings. The number of rotatable bonds is 11. The van der Waals surface area contributed by atoms with Crippen LogP contribution in [0.1, 0.15) is 22.3 Å². The minimum Gasteiger partial charge on any atom is -0.504 e. The average molecular weight is 603 g/mol. The zero-order chi connectivity index (χ0) is 30.8. The van der Waals surface area contributed by atoms with Crippen LogP contribution in [-0.2, 0) is 25.7 Å². The van der Waals surface area contributed by atoms with Gasteiger partial charge in [-0.1, -0.05) is 0 Å². The largest absolute Gasteiger partial charge is 0.504 e. The Kier molecular flexibility index (Phi) is 8.06. The first-order valence-corrected chi connectivity index (χ1v) is 14.2. The van der Waals surface area contributed by atoms with Crippen LogP contribution in [0.15, 0.2) is 48.5 Å². The molecule has 0 saturated carbocycles. The predicted molar refractivity (Wildman–Crippen MR) is 161 cm³/mol. The number of ether oxygens (including phenoxy) is 8. The van der Waals surface area contributed by atoms with Crippen molar-refractivity contribution in [2.45, 2.75) is 25.7 Å². The third-order valence-electron chi connectivity index (χ3n) is 7.90. The highest BCUT2D eigenvalue weighted by Crippen LogP contribution is 2.45. The summed E-state index contributed by atoms with van der Waals surface area (Å²) in [7, 11) is 6.24. The molecule has 0 unspecified atom stereocenters. The van der Waals surface area contributed by atoms with Gasteiger partial charge < -0.3 is 48.1 Å². The second-order valence-electron chi connectivity index (χ2n) is 10.4. The summed E-state index contributed by atoms with van der Waals surface area (Å²) in [4.78, 5) is 0. The molecule has 0 aliphatic carbocycles. The van der Waals surface area contributed by atoms with Crippen molar-refractivity contribution in [2.75, 3.05) is 42.0 Å². The molecule has 0 atom stereocenters. The molecule has 0 aromatic heterocycles. The maximum atomic E-state index is 10.9. The second kappa shape index (κ2) is 12.2. The molecule has 2 aliphatic rings. The Morgan fingerprint density at radius 3 is 1.30 bits per heavy atom. The molecule has 2 N–H and O–H groups in total. The minimum atomic E-state index is -0.00207. The Bertz CT molecular complexity index is 1570. The Hall–Kier alpha value is -5.12. The van der Waals surface area contributed by atoms with Crippen LogP contribution in [0.2, 0.25) is 0 Å². The number of hydrogen-bond donors (Lipinski definition) is 2. The number of hydrogen-bond acceptors (Lipinski definition) is 10. The number of fused-ring (bicyclic) bond motifs is 2. The number of phenolic OH excluding ortho intramolecular Hbond substituents is 2. The lowest BCUT2D eigenvalue weighted by Gasteiger charge is -2.19. The van der Waals surface area contributed by atoms with Crippen LogP contribution >= 0.6 is 0 Å². The van der Waals surface area contributed by atoms with Gasteiger partial charge in [-0.3, -0.25) is 0 Å². The lowest BCUT2D eigenvalue weighted by atomic mass is 9.89. The molecule has 2 heterocycles. The number of aryl methyl sites for hydroxylation is 4. The molecular formula is C34H34O10. The first-order valence-electron chi connectivity index (χ1n) is 14.2. The van der Waals surface area contributed by atoms with Crippen molar-refractivity contribution in [3.63, 3.8) is 0 Å². The van der Waals surface area contributed by atoms with E-state index < -0.39 is 0 Å². The van der Waals surface area contributed by atoms with E-state index in [2.05, 4.69) is 0 Å². The summed E-state index contributed by atoms with van der Waals surface area (Å²) >= 11 is 0. The van der Waals surface area contributed by atoms with E-state index in [0.29, 0.717) is 71.7 Å². The lowest BCUT2D eigenvalue weighted by molar-refractivity contribution is 0.171. The van der Waals surface area contributed by atoms with Crippen molar-refractivity contribution >= 4 is 0 Å². The highest BCUT2D eigenvalue weighted by Gasteiger charge is 2.23. The van der Waals surface area contributed by atoms with E-state index in [1.54, 1.807) is 26.4 Å². The van der Waals surface area contributed by atoms with Crippen molar-refractivity contribution in [3.8, 4) is 68.6 Å². The van der Waals surface area contributed by atoms with Crippen molar-refractivity contribution in [3.05, 3.63) is 70.8 Å². The van der Waals surface area contributed by atoms with Gasteiger partial charge in [0.2, 0.25) is 25.1 Å². The summed E-state index contributed by atoms with van der Waals surface area (Å²) in [5, 5.41) is 21.7. The molecule has 0 bridgehead atoms. The molecule has 0 radical (unpaired) electrons. The van der Waals surface area contributed by atoms with E-state index in [4.69, 9.17) is 37.9 Å². The Morgan fingerprint density at radius 2 is 0.909 bits per heavy atom. The van der Waals surface area contributed by atoms with E-state index in [-0.39, 0.29) is 25.1 Å². The van der Waals surface area contributed by atoms with Gasteiger partial charge in [0.15, 0.2) is 46.0 Å². The van der Waals surface area contributed by atoms with Crippen molar-refractivity contribution in [1.29, 1.82) is 0 Å². The van der Waals surface area contributed by atoms with Crippen LogP contribution in [0.4, 0.5) is 0 Å². The van der Waals surface area contributed by atoms with Gasteiger partial charge in [-0.2, -0.15) is 0 Å². The average Bonchev–Trinajstić information content (AvgIpc) is 3.72. The third kappa shape index (κ3) is 5.50. The molecule has 0 saturated heterocycles. The maximum Gasteiger partial charge on any atom is 0.231 e. The van der Waals surface area contributed by atoms with Crippen LogP contribution in [-0.4, -0.2) is 52.2 Å². The van der Waals surface area contributed by atoms with E-state index in [0.717, 1.165) is 33.4 Å². The molecule has 44 heavy (non-hydrogen) atoms. The standard InChI is InChI=1S/C34H34O10/c1-37-27-13-21(7-5-19-9-29(39-3)33-31(11-19)41-17-43-33)23(15-25(27)35)24-16-26(36)28(38-2)14-22(24)8-6-20-10-30(40-4)34-32(12-20)42-18-44-34/h9-16,35-36H,5-8,17-18H2,1-4H3. The van der Waals surface area contributed by atoms with Gasteiger partial charge in [0, 0.05) is 0 Å². The number of benzene rings is 4. The lowest BCUT2D eigenvalue weighted by Crippen LogP contribution is -2.01. The molecule has 2 aliphatic heterocycles. The molecule has 10 heteroatoms. The summed E-state index contributed by atoms with van der Waals surface area (Å²) in [5.41, 5.74) is 5.38. The third-order valence-corrected chi connectivity index (χ3v) is 7.90. The molecule has 0 amide bonds. The molecule has 4 aromatic rings. The second-order valence-corrected chi connectivity index (χ2v) is 10.4. The fraction of sp³-hybridized carbons (Fsp3) is 0.294. The summed E-state index contributed by atoms with van der Waals surface area (Å²) in [6.45, 7) is 0.300. The summed E-state index contributed by atoms with van der Waals surface area (Å²) in [6, 6.07) is 14.8. The van der Waals surface area contributed by atoms with Gasteiger partial charge in [-0.25, -0.2) is 0 Å². The maximum absolute atomic E-state index is 10.9. The van der Waals surface area contributed by atoms with Gasteiger partial charge in [0.1, 0.15) is 0 Å². The molecule has 4 aromatic carbocycles. The van der Waals surface area contributed by atoms with Gasteiger partial charge in [0.25, 0.3) is 0 Å². The van der Waals surface area contributed by atoms with Crippen molar-refractivity contribution < 1.29 is 48.1 Å². The topological polar surface area (TPSA) is 114 Å². The van der Waals surface area contributed by atoms with Gasteiger partial charge in [0.05, 0.1) is 28.4 Å². The van der Waals surface area contributed by atoms with Gasteiger partial charge >= 0.3 is 0 Å². The molecule has 0 spiro atoms. The van der Waals surface area contributed by atoms with Crippen LogP contribution in [0, 0.1) is 0 Å². The Labute approximate surface area is 255 Å². The summed E-state index contributed by atoms with van der Waals surface area (Å²) in [5.74, 6) is 4.43. The summed E-state index contributed by atoms with van der Waals surface area (Å²) in [6.07, 6.45) is 2.48. The Balaban J connectivity index is 1.36. The normalized spacial score (nSPS) is 12.7. The van der Waals surface area contributed by atoms with E-state index in [9.17, 15) is 10.2 Å². The number of phenols is 2. The van der Waals surface area contributed by atoms with Crippen LogP contribution in [0.5, 0.6) is 57.5 Å². The van der Waals surface area contributed by atoms with Crippen molar-refractivity contribution in [2.24, 2.45) is 0 Å². The fourth-order valence-corrected chi connectivity index (χ4v) is 5.68. The number of methoxy groups -OCH3 is 4. The molecule has 10 nitrogen and oxygen atoms in total. The monoisotopic (exact) mass is 602 g/mol. The highest BCUT2D eigenvalue weighted by atomic mass is 16.7. The number of aromatic hydroxyl groups is 2. The SMILES string of the molecule is COc1cc(CCc2cc(OC)c3c(c2)OCO3)c(-c2cc(O)c(OC)cc2CCc2cc(OC)c3c(c2)OCO3)cc1O. The quantitative estimate of drug-likeness (QED) is 0.217. The Morgan fingerprint density at radius 1 is 0.500 bits per heavy atom. The first kappa shape index (κ1) is 29.0. The van der Waals surface area contributed by atoms with Gasteiger partial charge in [-0.15, -0.1) is 0 Å². The molecule has 6 rings (SSSR count). The first-order chi connectivity index (χ1) is 21.4. The summed E-state index contributed by atoms with van der Waals surface area (Å²) < 4.78 is 44.3. The molecular weight excluding hydrogens is 568 g/mol. The smallest absolute Gasteiger partial charge is 0.231 e. The zero-order valence-electron chi connectivity index (χ0n) is 25.0. The van der Waals surface area contributed by atoms with E-state index >= 15 is 0 Å². The highest BCUT2D eigenvalue weighted by molar-refractivity contribution is 5.76. The van der Waals surface area contributed by atoms with Crippen LogP contribution < -0.4 is 37.9 Å². The minimum absolute atomic E-state index is 0.00207. The fourth-order valence-electron chi connectivity index (χ4n) is 5.68. The zero-order valence-corrected chi connectivity index (χ0v) is 25.0. The van der Waals surface area contributed by atoms with Gasteiger partial charge in [-0.05, 0) is 108 Å². The predicted octanol–water partition coefficient (Wildman–Crippen LogP) is 5.83. The van der Waals surface area contributed by atoms with E-state index in [1.165, 1.54) is 14.2 Å². The van der Waals surface area contributed by atoms with Crippen LogP contribution in [0.25, 0.3) is 11.1 Å². The molecule has 230 valence electrons. The van der Waals surface area contributed by atoms with Crippen molar-refractivity contribution in [1.82, 2.24) is 0 Å². The van der Waals surface area contributed by atoms with E-state index in [1.807, 2.05) is 36.4 Å².